The Kier molecular flexibility index (Phi) is 3.94. The van der Waals surface area contributed by atoms with Gasteiger partial charge in [0.1, 0.15) is 5.82 Å². The fraction of sp³-hybridized carbons (Fsp3) is 0.222. The van der Waals surface area contributed by atoms with Gasteiger partial charge in [0.25, 0.3) is 0 Å². The lowest BCUT2D eigenvalue weighted by Gasteiger charge is -2.09. The van der Waals surface area contributed by atoms with E-state index in [4.69, 9.17) is 22.9 Å². The van der Waals surface area contributed by atoms with Gasteiger partial charge < -0.3 is 10.3 Å². The van der Waals surface area contributed by atoms with Crippen LogP contribution in [0.2, 0.25) is 0 Å². The first-order chi connectivity index (χ1) is 10.6. The van der Waals surface area contributed by atoms with Gasteiger partial charge in [-0.3, -0.25) is 0 Å². The minimum atomic E-state index is 0.532. The van der Waals surface area contributed by atoms with Gasteiger partial charge in [-0.15, -0.1) is 0 Å². The number of nitrogens with two attached hydrogens (primary N) is 1. The summed E-state index contributed by atoms with van der Waals surface area (Å²) in [7, 11) is 0. The standard InChI is InChI=1S/C18H19N3S/c1-12-10-15-16(11-13(12)2)21(9-8-17(19)22)18(20-15)14-6-4-3-5-7-14/h3-7,10-11H,8-9H2,1-2H3,(H2,19,22). The molecule has 0 aliphatic rings. The highest BCUT2D eigenvalue weighted by molar-refractivity contribution is 7.80. The van der Waals surface area contributed by atoms with E-state index < -0.39 is 0 Å². The topological polar surface area (TPSA) is 43.8 Å². The smallest absolute Gasteiger partial charge is 0.141 e. The molecule has 2 N–H and O–H groups in total. The van der Waals surface area contributed by atoms with E-state index in [0.29, 0.717) is 11.4 Å². The molecule has 3 aromatic rings. The highest BCUT2D eigenvalue weighted by atomic mass is 32.1. The van der Waals surface area contributed by atoms with E-state index in [9.17, 15) is 0 Å². The van der Waals surface area contributed by atoms with Gasteiger partial charge in [-0.25, -0.2) is 4.98 Å². The van der Waals surface area contributed by atoms with E-state index in [1.54, 1.807) is 0 Å². The zero-order valence-corrected chi connectivity index (χ0v) is 13.7. The van der Waals surface area contributed by atoms with Crippen molar-refractivity contribution < 1.29 is 0 Å². The summed E-state index contributed by atoms with van der Waals surface area (Å²) in [5, 5.41) is 0. The van der Waals surface area contributed by atoms with Crippen molar-refractivity contribution in [2.75, 3.05) is 0 Å². The van der Waals surface area contributed by atoms with Crippen molar-refractivity contribution in [2.45, 2.75) is 26.8 Å². The molecule has 3 nitrogen and oxygen atoms in total. The molecule has 0 radical (unpaired) electrons. The number of benzene rings is 2. The molecule has 2 aromatic carbocycles. The summed E-state index contributed by atoms with van der Waals surface area (Å²) in [5.41, 5.74) is 11.5. The number of rotatable bonds is 4. The Morgan fingerprint density at radius 2 is 1.82 bits per heavy atom. The Labute approximate surface area is 135 Å². The number of nitrogens with zero attached hydrogens (tertiary/aromatic N) is 2. The lowest BCUT2D eigenvalue weighted by atomic mass is 10.1. The second kappa shape index (κ2) is 5.89. The van der Waals surface area contributed by atoms with Crippen molar-refractivity contribution in [1.29, 1.82) is 0 Å². The Balaban J connectivity index is 2.21. The van der Waals surface area contributed by atoms with Crippen LogP contribution in [0.5, 0.6) is 0 Å². The Hall–Kier alpha value is -2.20. The molecule has 0 saturated carbocycles. The highest BCUT2D eigenvalue weighted by Crippen LogP contribution is 2.27. The molecule has 0 saturated heterocycles. The molecule has 0 atom stereocenters. The molecule has 0 amide bonds. The Morgan fingerprint density at radius 3 is 2.50 bits per heavy atom. The van der Waals surface area contributed by atoms with Crippen molar-refractivity contribution in [3.8, 4) is 11.4 Å². The third-order valence-electron chi connectivity index (χ3n) is 3.98. The zero-order valence-electron chi connectivity index (χ0n) is 12.8. The number of hydrogen-bond donors (Lipinski definition) is 1. The van der Waals surface area contributed by atoms with Gasteiger partial charge in [0.2, 0.25) is 0 Å². The van der Waals surface area contributed by atoms with Crippen LogP contribution in [0.25, 0.3) is 22.4 Å². The maximum atomic E-state index is 5.69. The molecule has 0 unspecified atom stereocenters. The van der Waals surface area contributed by atoms with E-state index in [-0.39, 0.29) is 0 Å². The Bertz CT molecular complexity index is 834. The third-order valence-corrected chi connectivity index (χ3v) is 4.18. The predicted octanol–water partition coefficient (Wildman–Crippen LogP) is 4.00. The fourth-order valence-electron chi connectivity index (χ4n) is 2.64. The Morgan fingerprint density at radius 1 is 1.14 bits per heavy atom. The summed E-state index contributed by atoms with van der Waals surface area (Å²) >= 11 is 5.04. The van der Waals surface area contributed by atoms with Gasteiger partial charge in [-0.2, -0.15) is 0 Å². The maximum absolute atomic E-state index is 5.69. The van der Waals surface area contributed by atoms with Crippen LogP contribution in [-0.2, 0) is 6.54 Å². The molecule has 22 heavy (non-hydrogen) atoms. The summed E-state index contributed by atoms with van der Waals surface area (Å²) in [4.78, 5) is 5.37. The minimum Gasteiger partial charge on any atom is -0.393 e. The average molecular weight is 309 g/mol. The first kappa shape index (κ1) is 14.7. The van der Waals surface area contributed by atoms with Crippen LogP contribution in [0.3, 0.4) is 0 Å². The van der Waals surface area contributed by atoms with E-state index >= 15 is 0 Å². The SMILES string of the molecule is Cc1cc2nc(-c3ccccc3)n(CCC(N)=S)c2cc1C. The van der Waals surface area contributed by atoms with Crippen LogP contribution in [0.4, 0.5) is 0 Å². The van der Waals surface area contributed by atoms with Crippen molar-refractivity contribution >= 4 is 28.2 Å². The molecule has 1 heterocycles. The van der Waals surface area contributed by atoms with Crippen LogP contribution in [-0.4, -0.2) is 14.5 Å². The lowest BCUT2D eigenvalue weighted by molar-refractivity contribution is 0.756. The van der Waals surface area contributed by atoms with E-state index in [2.05, 4.69) is 42.7 Å². The fourth-order valence-corrected chi connectivity index (χ4v) is 2.73. The normalized spacial score (nSPS) is 11.0. The number of hydrogen-bond acceptors (Lipinski definition) is 2. The predicted molar refractivity (Wildman–Crippen MR) is 96.0 cm³/mol. The van der Waals surface area contributed by atoms with Crippen LogP contribution >= 0.6 is 12.2 Å². The maximum Gasteiger partial charge on any atom is 0.141 e. The first-order valence-electron chi connectivity index (χ1n) is 7.37. The number of aromatic nitrogens is 2. The molecule has 0 spiro atoms. The minimum absolute atomic E-state index is 0.532. The summed E-state index contributed by atoms with van der Waals surface area (Å²) in [6.07, 6.45) is 0.674. The molecular weight excluding hydrogens is 290 g/mol. The van der Waals surface area contributed by atoms with E-state index in [1.165, 1.54) is 11.1 Å². The number of fused-ring (bicyclic) bond motifs is 1. The number of thiocarbonyl (C=S) groups is 1. The van der Waals surface area contributed by atoms with E-state index in [1.807, 2.05) is 18.2 Å². The molecule has 0 aliphatic carbocycles. The van der Waals surface area contributed by atoms with Crippen molar-refractivity contribution in [3.63, 3.8) is 0 Å². The second-order valence-corrected chi connectivity index (χ2v) is 6.12. The van der Waals surface area contributed by atoms with Gasteiger partial charge in [0.05, 0.1) is 16.0 Å². The molecule has 4 heteroatoms. The van der Waals surface area contributed by atoms with E-state index in [0.717, 1.165) is 29.0 Å². The van der Waals surface area contributed by atoms with Crippen LogP contribution in [0.1, 0.15) is 17.5 Å². The van der Waals surface area contributed by atoms with Crippen LogP contribution in [0, 0.1) is 13.8 Å². The quantitative estimate of drug-likeness (QED) is 0.741. The van der Waals surface area contributed by atoms with Gasteiger partial charge in [0.15, 0.2) is 0 Å². The lowest BCUT2D eigenvalue weighted by Crippen LogP contribution is -2.12. The molecule has 112 valence electrons. The summed E-state index contributed by atoms with van der Waals surface area (Å²) in [5.74, 6) is 0.969. The van der Waals surface area contributed by atoms with Crippen molar-refractivity contribution in [1.82, 2.24) is 9.55 Å². The van der Waals surface area contributed by atoms with Gasteiger partial charge in [-0.1, -0.05) is 42.5 Å². The van der Waals surface area contributed by atoms with Crippen molar-refractivity contribution in [2.24, 2.45) is 5.73 Å². The zero-order chi connectivity index (χ0) is 15.7. The molecule has 0 bridgehead atoms. The highest BCUT2D eigenvalue weighted by Gasteiger charge is 2.13. The monoisotopic (exact) mass is 309 g/mol. The first-order valence-corrected chi connectivity index (χ1v) is 7.78. The summed E-state index contributed by atoms with van der Waals surface area (Å²) in [6.45, 7) is 4.99. The number of aryl methyl sites for hydroxylation is 3. The summed E-state index contributed by atoms with van der Waals surface area (Å²) in [6, 6.07) is 14.6. The molecule has 0 fully saturated rings. The molecule has 3 rings (SSSR count). The van der Waals surface area contributed by atoms with Crippen LogP contribution in [0.15, 0.2) is 42.5 Å². The molecule has 1 aromatic heterocycles. The third kappa shape index (κ3) is 2.74. The average Bonchev–Trinajstić information content (AvgIpc) is 2.84. The second-order valence-electron chi connectivity index (χ2n) is 5.59. The van der Waals surface area contributed by atoms with Gasteiger partial charge >= 0.3 is 0 Å². The van der Waals surface area contributed by atoms with Crippen molar-refractivity contribution in [3.05, 3.63) is 53.6 Å². The van der Waals surface area contributed by atoms with Crippen LogP contribution < -0.4 is 5.73 Å². The van der Waals surface area contributed by atoms with Gasteiger partial charge in [-0.05, 0) is 37.1 Å². The molecule has 0 aliphatic heterocycles. The van der Waals surface area contributed by atoms with Gasteiger partial charge in [0, 0.05) is 18.5 Å². The molecular formula is C18H19N3S. The summed E-state index contributed by atoms with van der Waals surface area (Å²) < 4.78 is 2.22. The largest absolute Gasteiger partial charge is 0.393 e. The number of imidazole rings is 1.